The number of hydrogen-bond donors (Lipinski definition) is 2. The zero-order valence-electron chi connectivity index (χ0n) is 9.91. The average molecular weight is 246 g/mol. The van der Waals surface area contributed by atoms with Gasteiger partial charge in [0.05, 0.1) is 6.04 Å². The van der Waals surface area contributed by atoms with Crippen molar-refractivity contribution in [2.75, 3.05) is 6.54 Å². The minimum absolute atomic E-state index is 0.352. The summed E-state index contributed by atoms with van der Waals surface area (Å²) in [5.74, 6) is 0. The van der Waals surface area contributed by atoms with Gasteiger partial charge in [0.1, 0.15) is 0 Å². The van der Waals surface area contributed by atoms with Gasteiger partial charge in [0, 0.05) is 6.54 Å². The first kappa shape index (κ1) is 12.1. The molecule has 0 radical (unpaired) electrons. The van der Waals surface area contributed by atoms with E-state index in [4.69, 9.17) is 12.2 Å². The van der Waals surface area contributed by atoms with Gasteiger partial charge in [-0.15, -0.1) is 6.58 Å². The normalized spacial score (nSPS) is 18.0. The number of nitrogens with one attached hydrogen (secondary N) is 2. The van der Waals surface area contributed by atoms with Crippen LogP contribution in [-0.2, 0) is 6.42 Å². The van der Waals surface area contributed by atoms with E-state index >= 15 is 0 Å². The van der Waals surface area contributed by atoms with Crippen LogP contribution in [0.25, 0.3) is 0 Å². The van der Waals surface area contributed by atoms with Crippen LogP contribution in [0.15, 0.2) is 36.9 Å². The molecular weight excluding hydrogens is 228 g/mol. The van der Waals surface area contributed by atoms with E-state index in [1.54, 1.807) is 0 Å². The Labute approximate surface area is 108 Å². The van der Waals surface area contributed by atoms with Gasteiger partial charge in [-0.2, -0.15) is 0 Å². The van der Waals surface area contributed by atoms with E-state index in [-0.39, 0.29) is 0 Å². The molecule has 0 aromatic heterocycles. The van der Waals surface area contributed by atoms with E-state index in [1.807, 2.05) is 6.08 Å². The van der Waals surface area contributed by atoms with Crippen LogP contribution in [0.1, 0.15) is 30.0 Å². The Kier molecular flexibility index (Phi) is 4.15. The van der Waals surface area contributed by atoms with Gasteiger partial charge in [-0.1, -0.05) is 30.3 Å². The summed E-state index contributed by atoms with van der Waals surface area (Å²) in [6, 6.07) is 8.96. The second kappa shape index (κ2) is 5.82. The lowest BCUT2D eigenvalue weighted by Crippen LogP contribution is -2.38. The molecule has 0 saturated carbocycles. The molecule has 1 aliphatic carbocycles. The van der Waals surface area contributed by atoms with Crippen LogP contribution in [-0.4, -0.2) is 11.7 Å². The maximum absolute atomic E-state index is 5.26. The molecule has 3 heteroatoms. The molecule has 90 valence electrons. The zero-order valence-corrected chi connectivity index (χ0v) is 10.7. The minimum Gasteiger partial charge on any atom is -0.359 e. The van der Waals surface area contributed by atoms with Gasteiger partial charge in [-0.25, -0.2) is 0 Å². The number of aryl methyl sites for hydroxylation is 1. The summed E-state index contributed by atoms with van der Waals surface area (Å²) in [7, 11) is 0. The second-order valence-electron chi connectivity index (χ2n) is 4.29. The number of fused-ring (bicyclic) bond motifs is 1. The molecule has 0 heterocycles. The van der Waals surface area contributed by atoms with Crippen LogP contribution in [0.3, 0.4) is 0 Å². The van der Waals surface area contributed by atoms with E-state index in [2.05, 4.69) is 41.5 Å². The Bertz CT molecular complexity index is 414. The Morgan fingerprint density at radius 2 is 2.29 bits per heavy atom. The monoisotopic (exact) mass is 246 g/mol. The highest BCUT2D eigenvalue weighted by Gasteiger charge is 2.19. The smallest absolute Gasteiger partial charge is 0.167 e. The molecule has 2 rings (SSSR count). The molecule has 1 aliphatic rings. The Morgan fingerprint density at radius 1 is 1.47 bits per heavy atom. The molecule has 0 amide bonds. The van der Waals surface area contributed by atoms with E-state index in [0.717, 1.165) is 6.42 Å². The number of hydrogen-bond acceptors (Lipinski definition) is 1. The fourth-order valence-corrected chi connectivity index (χ4v) is 2.50. The standard InChI is InChI=1S/C14H18N2S/c1-2-10-15-14(17)16-13-9-5-7-11-6-3-4-8-12(11)13/h2-4,6,8,13H,1,5,7,9-10H2,(H2,15,16,17). The molecule has 2 N–H and O–H groups in total. The minimum atomic E-state index is 0.352. The second-order valence-corrected chi connectivity index (χ2v) is 4.69. The highest BCUT2D eigenvalue weighted by molar-refractivity contribution is 7.80. The topological polar surface area (TPSA) is 24.1 Å². The van der Waals surface area contributed by atoms with Crippen molar-refractivity contribution >= 4 is 17.3 Å². The predicted octanol–water partition coefficient (Wildman–Crippen LogP) is 2.71. The van der Waals surface area contributed by atoms with Gasteiger partial charge in [0.25, 0.3) is 0 Å². The van der Waals surface area contributed by atoms with Crippen LogP contribution in [0.4, 0.5) is 0 Å². The lowest BCUT2D eigenvalue weighted by atomic mass is 9.88. The summed E-state index contributed by atoms with van der Waals surface area (Å²) >= 11 is 5.26. The summed E-state index contributed by atoms with van der Waals surface area (Å²) in [5.41, 5.74) is 2.84. The van der Waals surface area contributed by atoms with Crippen molar-refractivity contribution in [3.05, 3.63) is 48.0 Å². The van der Waals surface area contributed by atoms with Gasteiger partial charge >= 0.3 is 0 Å². The van der Waals surface area contributed by atoms with Gasteiger partial charge in [-0.3, -0.25) is 0 Å². The van der Waals surface area contributed by atoms with Crippen molar-refractivity contribution in [2.24, 2.45) is 0 Å². The number of thiocarbonyl (C=S) groups is 1. The molecule has 0 saturated heterocycles. The Morgan fingerprint density at radius 3 is 3.12 bits per heavy atom. The van der Waals surface area contributed by atoms with Crippen molar-refractivity contribution in [3.63, 3.8) is 0 Å². The molecule has 1 unspecified atom stereocenters. The average Bonchev–Trinajstić information content (AvgIpc) is 2.37. The lowest BCUT2D eigenvalue weighted by Gasteiger charge is -2.27. The third kappa shape index (κ3) is 3.07. The first-order chi connectivity index (χ1) is 8.31. The molecule has 0 aliphatic heterocycles. The maximum atomic E-state index is 5.26. The molecule has 17 heavy (non-hydrogen) atoms. The first-order valence-electron chi connectivity index (χ1n) is 6.04. The van der Waals surface area contributed by atoms with Crippen LogP contribution < -0.4 is 10.6 Å². The fraction of sp³-hybridized carbons (Fsp3) is 0.357. The third-order valence-corrected chi connectivity index (χ3v) is 3.34. The van der Waals surface area contributed by atoms with Crippen LogP contribution in [0.5, 0.6) is 0 Å². The van der Waals surface area contributed by atoms with E-state index in [0.29, 0.717) is 17.7 Å². The van der Waals surface area contributed by atoms with Crippen LogP contribution in [0, 0.1) is 0 Å². The molecule has 2 nitrogen and oxygen atoms in total. The van der Waals surface area contributed by atoms with Crippen molar-refractivity contribution in [3.8, 4) is 0 Å². The molecular formula is C14H18N2S. The largest absolute Gasteiger partial charge is 0.359 e. The lowest BCUT2D eigenvalue weighted by molar-refractivity contribution is 0.524. The molecule has 0 spiro atoms. The van der Waals surface area contributed by atoms with Crippen molar-refractivity contribution in [1.82, 2.24) is 10.6 Å². The molecule has 1 aromatic carbocycles. The highest BCUT2D eigenvalue weighted by atomic mass is 32.1. The van der Waals surface area contributed by atoms with E-state index < -0.39 is 0 Å². The quantitative estimate of drug-likeness (QED) is 0.633. The van der Waals surface area contributed by atoms with Gasteiger partial charge in [0.2, 0.25) is 0 Å². The van der Waals surface area contributed by atoms with Crippen molar-refractivity contribution < 1.29 is 0 Å². The highest BCUT2D eigenvalue weighted by Crippen LogP contribution is 2.29. The van der Waals surface area contributed by atoms with Crippen LogP contribution >= 0.6 is 12.2 Å². The molecule has 1 aromatic rings. The fourth-order valence-electron chi connectivity index (χ4n) is 2.28. The SMILES string of the molecule is C=CCNC(=S)NC1CCCc2ccccc21. The first-order valence-corrected chi connectivity index (χ1v) is 6.45. The Balaban J connectivity index is 2.03. The number of benzene rings is 1. The summed E-state index contributed by atoms with van der Waals surface area (Å²) in [5, 5.41) is 7.21. The Hall–Kier alpha value is -1.35. The third-order valence-electron chi connectivity index (χ3n) is 3.08. The molecule has 0 fully saturated rings. The zero-order chi connectivity index (χ0) is 12.1. The summed E-state index contributed by atoms with van der Waals surface area (Å²) in [4.78, 5) is 0. The van der Waals surface area contributed by atoms with Gasteiger partial charge in [-0.05, 0) is 42.6 Å². The summed E-state index contributed by atoms with van der Waals surface area (Å²) in [6.07, 6.45) is 5.36. The van der Waals surface area contributed by atoms with Crippen molar-refractivity contribution in [2.45, 2.75) is 25.3 Å². The predicted molar refractivity (Wildman–Crippen MR) is 76.1 cm³/mol. The van der Waals surface area contributed by atoms with Crippen LogP contribution in [0.2, 0.25) is 0 Å². The molecule has 0 bridgehead atoms. The van der Waals surface area contributed by atoms with E-state index in [9.17, 15) is 0 Å². The van der Waals surface area contributed by atoms with Gasteiger partial charge < -0.3 is 10.6 Å². The summed E-state index contributed by atoms with van der Waals surface area (Å²) in [6.45, 7) is 4.37. The number of rotatable bonds is 3. The van der Waals surface area contributed by atoms with Crippen molar-refractivity contribution in [1.29, 1.82) is 0 Å². The van der Waals surface area contributed by atoms with E-state index in [1.165, 1.54) is 24.0 Å². The molecule has 1 atom stereocenters. The van der Waals surface area contributed by atoms with Gasteiger partial charge in [0.15, 0.2) is 5.11 Å². The maximum Gasteiger partial charge on any atom is 0.167 e. The summed E-state index contributed by atoms with van der Waals surface area (Å²) < 4.78 is 0.